The van der Waals surface area contributed by atoms with Gasteiger partial charge in [0.1, 0.15) is 10.9 Å². The van der Waals surface area contributed by atoms with Crippen molar-refractivity contribution in [2.75, 3.05) is 27.3 Å². The Bertz CT molecular complexity index is 976. The molecule has 2 aromatic rings. The highest BCUT2D eigenvalue weighted by molar-refractivity contribution is 8.26. The third-order valence-electron chi connectivity index (χ3n) is 4.46. The molecule has 2 aromatic carbocycles. The summed E-state index contributed by atoms with van der Waals surface area (Å²) in [6.07, 6.45) is 2.46. The molecule has 30 heavy (non-hydrogen) atoms. The summed E-state index contributed by atoms with van der Waals surface area (Å²) in [4.78, 5) is 26.8. The van der Waals surface area contributed by atoms with Crippen LogP contribution in [-0.2, 0) is 16.0 Å². The van der Waals surface area contributed by atoms with Crippen molar-refractivity contribution in [3.8, 4) is 11.5 Å². The Balaban J connectivity index is 1.60. The highest BCUT2D eigenvalue weighted by atomic mass is 32.2. The second-order valence-electron chi connectivity index (χ2n) is 6.47. The minimum Gasteiger partial charge on any atom is -0.493 e. The molecule has 0 aliphatic carbocycles. The monoisotopic (exact) mass is 442 g/mol. The van der Waals surface area contributed by atoms with E-state index in [1.165, 1.54) is 16.7 Å². The number of hydrogen-bond donors (Lipinski definition) is 1. The van der Waals surface area contributed by atoms with Crippen LogP contribution < -0.4 is 14.8 Å². The fourth-order valence-electron chi connectivity index (χ4n) is 2.92. The molecule has 156 valence electrons. The van der Waals surface area contributed by atoms with Gasteiger partial charge in [0.2, 0.25) is 5.91 Å². The Hall–Kier alpha value is -2.84. The molecule has 1 aliphatic heterocycles. The van der Waals surface area contributed by atoms with E-state index in [1.54, 1.807) is 32.4 Å². The minimum atomic E-state index is -0.280. The maximum Gasteiger partial charge on any atom is 0.266 e. The Morgan fingerprint density at radius 2 is 1.87 bits per heavy atom. The van der Waals surface area contributed by atoms with Crippen molar-refractivity contribution in [3.05, 3.63) is 64.6 Å². The average Bonchev–Trinajstić information content (AvgIpc) is 3.01. The smallest absolute Gasteiger partial charge is 0.266 e. The zero-order chi connectivity index (χ0) is 21.5. The number of amides is 2. The number of hydrogen-bond acceptors (Lipinski definition) is 6. The highest BCUT2D eigenvalue weighted by Crippen LogP contribution is 2.34. The quantitative estimate of drug-likeness (QED) is 0.500. The molecule has 0 atom stereocenters. The predicted molar refractivity (Wildman–Crippen MR) is 123 cm³/mol. The molecule has 3 rings (SSSR count). The van der Waals surface area contributed by atoms with Crippen molar-refractivity contribution in [1.29, 1.82) is 0 Å². The predicted octanol–water partition coefficient (Wildman–Crippen LogP) is 3.26. The first-order chi connectivity index (χ1) is 14.5. The first kappa shape index (κ1) is 21.9. The summed E-state index contributed by atoms with van der Waals surface area (Å²) in [6.45, 7) is 0.405. The van der Waals surface area contributed by atoms with Gasteiger partial charge in [-0.25, -0.2) is 0 Å². The molecule has 8 heteroatoms. The van der Waals surface area contributed by atoms with E-state index < -0.39 is 0 Å². The fourth-order valence-corrected chi connectivity index (χ4v) is 4.18. The summed E-state index contributed by atoms with van der Waals surface area (Å²) in [5, 5.41) is 2.84. The number of benzene rings is 2. The van der Waals surface area contributed by atoms with Crippen molar-refractivity contribution in [3.63, 3.8) is 0 Å². The maximum atomic E-state index is 12.7. The fraction of sp³-hybridized carbons (Fsp3) is 0.227. The Labute approximate surface area is 185 Å². The molecular formula is C22H22N2O4S2. The number of nitrogens with one attached hydrogen (secondary N) is 1. The largest absolute Gasteiger partial charge is 0.493 e. The lowest BCUT2D eigenvalue weighted by Crippen LogP contribution is -2.40. The van der Waals surface area contributed by atoms with Gasteiger partial charge in [-0.1, -0.05) is 60.4 Å². The second-order valence-corrected chi connectivity index (χ2v) is 8.14. The molecule has 0 bridgehead atoms. The summed E-state index contributed by atoms with van der Waals surface area (Å²) in [6, 6.07) is 15.3. The number of methoxy groups -OCH3 is 2. The van der Waals surface area contributed by atoms with Crippen LogP contribution in [0, 0.1) is 0 Å². The van der Waals surface area contributed by atoms with Crippen LogP contribution in [0.3, 0.4) is 0 Å². The first-order valence-electron chi connectivity index (χ1n) is 9.30. The maximum absolute atomic E-state index is 12.7. The van der Waals surface area contributed by atoms with Crippen LogP contribution in [0.15, 0.2) is 53.4 Å². The van der Waals surface area contributed by atoms with E-state index in [-0.39, 0.29) is 18.4 Å². The Morgan fingerprint density at radius 1 is 1.13 bits per heavy atom. The van der Waals surface area contributed by atoms with Crippen LogP contribution in [0.25, 0.3) is 6.08 Å². The number of nitrogens with zero attached hydrogens (tertiary/aromatic N) is 1. The van der Waals surface area contributed by atoms with Gasteiger partial charge in [0, 0.05) is 6.54 Å². The molecule has 2 amide bonds. The van der Waals surface area contributed by atoms with Crippen LogP contribution in [0.5, 0.6) is 11.5 Å². The topological polar surface area (TPSA) is 67.9 Å². The van der Waals surface area contributed by atoms with Gasteiger partial charge in [-0.2, -0.15) is 0 Å². The normalized spacial score (nSPS) is 14.9. The standard InChI is InChI=1S/C22H22N2O4S2/c1-27-17-9-8-16(12-18(17)28-2)13-19-21(26)24(22(29)30-19)14-20(25)23-11-10-15-6-4-3-5-7-15/h3-9,12-13H,10-11,14H2,1-2H3,(H,23,25). The van der Waals surface area contributed by atoms with Crippen LogP contribution in [0.1, 0.15) is 11.1 Å². The SMILES string of the molecule is COc1ccc(C=C2SC(=S)N(CC(=O)NCCc3ccccc3)C2=O)cc1OC. The lowest BCUT2D eigenvalue weighted by atomic mass is 10.1. The van der Waals surface area contributed by atoms with Crippen molar-refractivity contribution in [2.45, 2.75) is 6.42 Å². The number of thiocarbonyl (C=S) groups is 1. The summed E-state index contributed by atoms with van der Waals surface area (Å²) in [5.41, 5.74) is 1.92. The molecule has 1 aliphatic rings. The number of rotatable bonds is 8. The lowest BCUT2D eigenvalue weighted by molar-refractivity contribution is -0.128. The third kappa shape index (κ3) is 5.40. The molecule has 1 heterocycles. The number of carbonyl (C=O) groups excluding carboxylic acids is 2. The van der Waals surface area contributed by atoms with E-state index >= 15 is 0 Å². The van der Waals surface area contributed by atoms with Crippen LogP contribution in [0.2, 0.25) is 0 Å². The van der Waals surface area contributed by atoms with E-state index in [9.17, 15) is 9.59 Å². The molecule has 1 N–H and O–H groups in total. The summed E-state index contributed by atoms with van der Waals surface area (Å²) < 4.78 is 10.9. The zero-order valence-corrected chi connectivity index (χ0v) is 18.3. The molecule has 0 aromatic heterocycles. The average molecular weight is 443 g/mol. The molecule has 1 fully saturated rings. The molecule has 0 spiro atoms. The van der Waals surface area contributed by atoms with Gasteiger partial charge in [0.25, 0.3) is 5.91 Å². The molecular weight excluding hydrogens is 420 g/mol. The van der Waals surface area contributed by atoms with Gasteiger partial charge in [-0.3, -0.25) is 14.5 Å². The van der Waals surface area contributed by atoms with Gasteiger partial charge >= 0.3 is 0 Å². The number of ether oxygens (including phenoxy) is 2. The van der Waals surface area contributed by atoms with E-state index in [1.807, 2.05) is 36.4 Å². The van der Waals surface area contributed by atoms with Crippen LogP contribution in [0.4, 0.5) is 0 Å². The van der Waals surface area contributed by atoms with E-state index in [0.29, 0.717) is 27.3 Å². The second kappa shape index (κ2) is 10.3. The molecule has 0 unspecified atom stereocenters. The Kier molecular flexibility index (Phi) is 7.48. The molecule has 6 nitrogen and oxygen atoms in total. The van der Waals surface area contributed by atoms with Crippen molar-refractivity contribution < 1.29 is 19.1 Å². The lowest BCUT2D eigenvalue weighted by Gasteiger charge is -2.14. The number of carbonyl (C=O) groups is 2. The van der Waals surface area contributed by atoms with E-state index in [0.717, 1.165) is 17.5 Å². The molecule has 0 saturated carbocycles. The number of thioether (sulfide) groups is 1. The van der Waals surface area contributed by atoms with Gasteiger partial charge < -0.3 is 14.8 Å². The van der Waals surface area contributed by atoms with E-state index in [2.05, 4.69) is 5.32 Å². The Morgan fingerprint density at radius 3 is 2.57 bits per heavy atom. The van der Waals surface area contributed by atoms with Gasteiger partial charge in [-0.05, 0) is 35.8 Å². The van der Waals surface area contributed by atoms with Gasteiger partial charge in [0.15, 0.2) is 11.5 Å². The van der Waals surface area contributed by atoms with Gasteiger partial charge in [0.05, 0.1) is 19.1 Å². The van der Waals surface area contributed by atoms with Crippen LogP contribution >= 0.6 is 24.0 Å². The highest BCUT2D eigenvalue weighted by Gasteiger charge is 2.33. The zero-order valence-electron chi connectivity index (χ0n) is 16.7. The minimum absolute atomic E-state index is 0.0945. The molecule has 1 saturated heterocycles. The first-order valence-corrected chi connectivity index (χ1v) is 10.5. The summed E-state index contributed by atoms with van der Waals surface area (Å²) in [5.74, 6) is 0.654. The molecule has 0 radical (unpaired) electrons. The van der Waals surface area contributed by atoms with Crippen LogP contribution in [-0.4, -0.2) is 48.3 Å². The summed E-state index contributed by atoms with van der Waals surface area (Å²) >= 11 is 6.49. The summed E-state index contributed by atoms with van der Waals surface area (Å²) in [7, 11) is 3.12. The van der Waals surface area contributed by atoms with Crippen molar-refractivity contribution in [2.24, 2.45) is 0 Å². The van der Waals surface area contributed by atoms with Gasteiger partial charge in [-0.15, -0.1) is 0 Å². The van der Waals surface area contributed by atoms with Crippen molar-refractivity contribution in [1.82, 2.24) is 10.2 Å². The van der Waals surface area contributed by atoms with E-state index in [4.69, 9.17) is 21.7 Å². The van der Waals surface area contributed by atoms with Crippen molar-refractivity contribution >= 4 is 46.2 Å². The third-order valence-corrected chi connectivity index (χ3v) is 5.84.